The van der Waals surface area contributed by atoms with Crippen molar-refractivity contribution < 1.29 is 4.39 Å². The Kier molecular flexibility index (Phi) is 3.40. The van der Waals surface area contributed by atoms with Gasteiger partial charge in [0.15, 0.2) is 0 Å². The first-order valence-electron chi connectivity index (χ1n) is 5.73. The molecular weight excluding hydrogens is 201 g/mol. The second-order valence-corrected chi connectivity index (χ2v) is 3.99. The van der Waals surface area contributed by atoms with E-state index >= 15 is 0 Å². The lowest BCUT2D eigenvalue weighted by Gasteiger charge is -2.06. The zero-order chi connectivity index (χ0) is 11.4. The van der Waals surface area contributed by atoms with E-state index in [2.05, 4.69) is 18.3 Å². The van der Waals surface area contributed by atoms with Crippen molar-refractivity contribution in [2.45, 2.75) is 19.8 Å². The summed E-state index contributed by atoms with van der Waals surface area (Å²) in [5, 5.41) is 5.38. The Morgan fingerprint density at radius 1 is 1.06 bits per heavy atom. The van der Waals surface area contributed by atoms with Crippen LogP contribution in [0, 0.1) is 5.82 Å². The van der Waals surface area contributed by atoms with Crippen molar-refractivity contribution in [3.8, 4) is 0 Å². The maximum absolute atomic E-state index is 13.0. The molecule has 2 heteroatoms. The predicted molar refractivity (Wildman–Crippen MR) is 67.3 cm³/mol. The number of nitrogens with one attached hydrogen (secondary N) is 1. The van der Waals surface area contributed by atoms with Crippen molar-refractivity contribution in [3.05, 3.63) is 42.2 Å². The summed E-state index contributed by atoms with van der Waals surface area (Å²) < 4.78 is 13.0. The van der Waals surface area contributed by atoms with Crippen LogP contribution in [0.1, 0.15) is 19.8 Å². The Morgan fingerprint density at radius 3 is 2.62 bits per heavy atom. The molecule has 0 aliphatic carbocycles. The molecule has 16 heavy (non-hydrogen) atoms. The van der Waals surface area contributed by atoms with Crippen LogP contribution in [0.15, 0.2) is 36.4 Å². The van der Waals surface area contributed by atoms with Gasteiger partial charge in [0.2, 0.25) is 0 Å². The summed E-state index contributed by atoms with van der Waals surface area (Å²) in [4.78, 5) is 0. The van der Waals surface area contributed by atoms with Crippen LogP contribution in [-0.4, -0.2) is 6.54 Å². The summed E-state index contributed by atoms with van der Waals surface area (Å²) in [5.74, 6) is -0.181. The molecule has 0 radical (unpaired) electrons. The summed E-state index contributed by atoms with van der Waals surface area (Å²) in [6, 6.07) is 10.9. The van der Waals surface area contributed by atoms with E-state index in [1.54, 1.807) is 6.07 Å². The molecule has 0 saturated carbocycles. The monoisotopic (exact) mass is 217 g/mol. The molecule has 0 aliphatic heterocycles. The fourth-order valence-electron chi connectivity index (χ4n) is 1.74. The van der Waals surface area contributed by atoms with Crippen molar-refractivity contribution in [2.75, 3.05) is 11.9 Å². The van der Waals surface area contributed by atoms with Gasteiger partial charge in [-0.2, -0.15) is 0 Å². The van der Waals surface area contributed by atoms with Gasteiger partial charge in [0, 0.05) is 12.2 Å². The van der Waals surface area contributed by atoms with Crippen LogP contribution in [0.2, 0.25) is 0 Å². The molecule has 84 valence electrons. The van der Waals surface area contributed by atoms with Gasteiger partial charge in [0.05, 0.1) is 0 Å². The number of unbranched alkanes of at least 4 members (excludes halogenated alkanes) is 1. The van der Waals surface area contributed by atoms with E-state index < -0.39 is 0 Å². The molecule has 2 aromatic rings. The molecular formula is C14H16FN. The Bertz CT molecular complexity index is 479. The minimum absolute atomic E-state index is 0.181. The zero-order valence-electron chi connectivity index (χ0n) is 9.46. The van der Waals surface area contributed by atoms with Gasteiger partial charge in [-0.25, -0.2) is 4.39 Å². The highest BCUT2D eigenvalue weighted by Crippen LogP contribution is 2.20. The molecule has 0 atom stereocenters. The normalized spacial score (nSPS) is 10.6. The van der Waals surface area contributed by atoms with Crippen LogP contribution in [0.5, 0.6) is 0 Å². The SMILES string of the molecule is CCCCNc1ccc2cc(F)ccc2c1. The summed E-state index contributed by atoms with van der Waals surface area (Å²) >= 11 is 0. The summed E-state index contributed by atoms with van der Waals surface area (Å²) in [6.45, 7) is 3.16. The highest BCUT2D eigenvalue weighted by Gasteiger charge is 1.97. The number of rotatable bonds is 4. The first-order chi connectivity index (χ1) is 7.79. The van der Waals surface area contributed by atoms with Crippen molar-refractivity contribution in [3.63, 3.8) is 0 Å². The smallest absolute Gasteiger partial charge is 0.123 e. The molecule has 0 heterocycles. The third kappa shape index (κ3) is 2.51. The van der Waals surface area contributed by atoms with Crippen molar-refractivity contribution >= 4 is 16.5 Å². The van der Waals surface area contributed by atoms with Crippen LogP contribution in [0.4, 0.5) is 10.1 Å². The van der Waals surface area contributed by atoms with E-state index in [0.29, 0.717) is 0 Å². The largest absolute Gasteiger partial charge is 0.385 e. The number of benzene rings is 2. The molecule has 0 spiro atoms. The van der Waals surface area contributed by atoms with Gasteiger partial charge in [0.25, 0.3) is 0 Å². The van der Waals surface area contributed by atoms with Gasteiger partial charge in [-0.1, -0.05) is 25.5 Å². The van der Waals surface area contributed by atoms with Gasteiger partial charge in [-0.3, -0.25) is 0 Å². The van der Waals surface area contributed by atoms with Crippen molar-refractivity contribution in [2.24, 2.45) is 0 Å². The topological polar surface area (TPSA) is 12.0 Å². The second-order valence-electron chi connectivity index (χ2n) is 3.99. The van der Waals surface area contributed by atoms with Crippen LogP contribution in [0.3, 0.4) is 0 Å². The quantitative estimate of drug-likeness (QED) is 0.757. The van der Waals surface area contributed by atoms with Gasteiger partial charge >= 0.3 is 0 Å². The minimum atomic E-state index is -0.181. The summed E-state index contributed by atoms with van der Waals surface area (Å²) in [7, 11) is 0. The maximum atomic E-state index is 13.0. The lowest BCUT2D eigenvalue weighted by Crippen LogP contribution is -2.00. The van der Waals surface area contributed by atoms with Gasteiger partial charge in [-0.05, 0) is 41.5 Å². The molecule has 2 aromatic carbocycles. The molecule has 0 amide bonds. The Balaban J connectivity index is 2.20. The zero-order valence-corrected chi connectivity index (χ0v) is 9.46. The van der Waals surface area contributed by atoms with Gasteiger partial charge in [0.1, 0.15) is 5.82 Å². The molecule has 0 saturated heterocycles. The van der Waals surface area contributed by atoms with Gasteiger partial charge < -0.3 is 5.32 Å². The molecule has 0 unspecified atom stereocenters. The number of hydrogen-bond acceptors (Lipinski definition) is 1. The minimum Gasteiger partial charge on any atom is -0.385 e. The molecule has 0 aromatic heterocycles. The lowest BCUT2D eigenvalue weighted by atomic mass is 10.1. The highest BCUT2D eigenvalue weighted by molar-refractivity contribution is 5.85. The van der Waals surface area contributed by atoms with E-state index in [1.165, 1.54) is 18.9 Å². The third-order valence-corrected chi connectivity index (χ3v) is 2.66. The fraction of sp³-hybridized carbons (Fsp3) is 0.286. The lowest BCUT2D eigenvalue weighted by molar-refractivity contribution is 0.630. The molecule has 0 fully saturated rings. The van der Waals surface area contributed by atoms with Crippen molar-refractivity contribution in [1.29, 1.82) is 0 Å². The fourth-order valence-corrected chi connectivity index (χ4v) is 1.74. The first kappa shape index (κ1) is 10.9. The number of fused-ring (bicyclic) bond motifs is 1. The second kappa shape index (κ2) is 4.97. The Labute approximate surface area is 95.3 Å². The Hall–Kier alpha value is -1.57. The standard InChI is InChI=1S/C14H16FN/c1-2-3-8-16-14-7-5-11-9-13(15)6-4-12(11)10-14/h4-7,9-10,16H,2-3,8H2,1H3. The molecule has 1 N–H and O–H groups in total. The van der Waals surface area contributed by atoms with E-state index in [9.17, 15) is 4.39 Å². The molecule has 0 bridgehead atoms. The molecule has 2 rings (SSSR count). The van der Waals surface area contributed by atoms with E-state index in [4.69, 9.17) is 0 Å². The van der Waals surface area contributed by atoms with Crippen LogP contribution >= 0.6 is 0 Å². The Morgan fingerprint density at radius 2 is 1.81 bits per heavy atom. The number of anilines is 1. The van der Waals surface area contributed by atoms with Gasteiger partial charge in [-0.15, -0.1) is 0 Å². The predicted octanol–water partition coefficient (Wildman–Crippen LogP) is 4.19. The summed E-state index contributed by atoms with van der Waals surface area (Å²) in [6.07, 6.45) is 2.35. The van der Waals surface area contributed by atoms with Crippen molar-refractivity contribution in [1.82, 2.24) is 0 Å². The van der Waals surface area contributed by atoms with E-state index in [0.717, 1.165) is 23.0 Å². The maximum Gasteiger partial charge on any atom is 0.123 e. The first-order valence-corrected chi connectivity index (χ1v) is 5.73. The molecule has 1 nitrogen and oxygen atoms in total. The molecule has 0 aliphatic rings. The summed E-state index contributed by atoms with van der Waals surface area (Å²) in [5.41, 5.74) is 1.10. The van der Waals surface area contributed by atoms with Crippen LogP contribution < -0.4 is 5.32 Å². The number of hydrogen-bond donors (Lipinski definition) is 1. The van der Waals surface area contributed by atoms with Crippen LogP contribution in [0.25, 0.3) is 10.8 Å². The highest BCUT2D eigenvalue weighted by atomic mass is 19.1. The average Bonchev–Trinajstić information content (AvgIpc) is 2.29. The van der Waals surface area contributed by atoms with E-state index in [-0.39, 0.29) is 5.82 Å². The van der Waals surface area contributed by atoms with Crippen LogP contribution in [-0.2, 0) is 0 Å². The third-order valence-electron chi connectivity index (χ3n) is 2.66. The average molecular weight is 217 g/mol. The van der Waals surface area contributed by atoms with E-state index in [1.807, 2.05) is 18.2 Å². The number of halogens is 1.